The largest absolute Gasteiger partial charge is 0.444 e. The monoisotopic (exact) mass is 965 g/mol. The lowest BCUT2D eigenvalue weighted by Gasteiger charge is -2.58. The fourth-order valence-electron chi connectivity index (χ4n) is 13.7. The van der Waals surface area contributed by atoms with Crippen molar-refractivity contribution in [1.29, 1.82) is 0 Å². The topological polar surface area (TPSA) is 69.7 Å². The first-order valence-electron chi connectivity index (χ1n) is 29.3. The van der Waals surface area contributed by atoms with Crippen molar-refractivity contribution in [2.75, 3.05) is 72.4 Å². The van der Waals surface area contributed by atoms with E-state index in [1.165, 1.54) is 128 Å². The van der Waals surface area contributed by atoms with Crippen LogP contribution >= 0.6 is 0 Å². The normalized spacial score (nSPS) is 28.5. The van der Waals surface area contributed by atoms with Crippen LogP contribution in [0.5, 0.6) is 0 Å². The number of amides is 1. The quantitative estimate of drug-likeness (QED) is 0.0491. The van der Waals surface area contributed by atoms with E-state index >= 15 is 0 Å². The van der Waals surface area contributed by atoms with Crippen LogP contribution in [0.25, 0.3) is 0 Å². The van der Waals surface area contributed by atoms with Crippen molar-refractivity contribution in [3.63, 3.8) is 0 Å². The minimum absolute atomic E-state index is 0.0430. The lowest BCUT2D eigenvalue weighted by molar-refractivity contribution is -0.0743. The lowest BCUT2D eigenvalue weighted by Crippen LogP contribution is -2.52. The third-order valence-corrected chi connectivity index (χ3v) is 17.7. The number of ether oxygens (including phenoxy) is 5. The summed E-state index contributed by atoms with van der Waals surface area (Å²) in [6, 6.07) is 0. The average Bonchev–Trinajstić information content (AvgIpc) is 3.67. The number of rotatable bonds is 32. The smallest absolute Gasteiger partial charge is 0.410 e. The molecule has 0 aromatic rings. The molecule has 1 aliphatic heterocycles. The minimum Gasteiger partial charge on any atom is -0.444 e. The van der Waals surface area contributed by atoms with Gasteiger partial charge in [-0.05, 0) is 157 Å². The molecule has 0 aromatic heterocycles. The molecule has 1 amide bonds. The number of hydrogen-bond acceptors (Lipinski definition) is 7. The summed E-state index contributed by atoms with van der Waals surface area (Å²) in [5, 5.41) is 0. The first-order valence-corrected chi connectivity index (χ1v) is 29.3. The summed E-state index contributed by atoms with van der Waals surface area (Å²) in [4.78, 5) is 16.9. The van der Waals surface area contributed by atoms with Gasteiger partial charge in [0, 0.05) is 39.3 Å². The lowest BCUT2D eigenvalue weighted by atomic mass is 9.47. The third kappa shape index (κ3) is 19.3. The van der Waals surface area contributed by atoms with Gasteiger partial charge >= 0.3 is 6.09 Å². The Morgan fingerprint density at radius 3 is 2.19 bits per heavy atom. The van der Waals surface area contributed by atoms with Gasteiger partial charge in [0.15, 0.2) is 0 Å². The highest BCUT2D eigenvalue weighted by Crippen LogP contribution is 2.67. The first kappa shape index (κ1) is 58.2. The molecule has 398 valence electrons. The van der Waals surface area contributed by atoms with Gasteiger partial charge in [0.2, 0.25) is 0 Å². The number of unbranched alkanes of at least 4 members (excludes halogenated alkanes) is 9. The predicted molar refractivity (Wildman–Crippen MR) is 288 cm³/mol. The summed E-state index contributed by atoms with van der Waals surface area (Å²) >= 11 is 0. The van der Waals surface area contributed by atoms with E-state index in [-0.39, 0.29) is 12.2 Å². The zero-order valence-electron chi connectivity index (χ0n) is 46.4. The van der Waals surface area contributed by atoms with Crippen molar-refractivity contribution in [1.82, 2.24) is 9.80 Å². The van der Waals surface area contributed by atoms with Crippen LogP contribution in [0.4, 0.5) is 4.79 Å². The second kappa shape index (κ2) is 30.5. The first-order chi connectivity index (χ1) is 33.2. The SMILES string of the molecule is CCCCC/C=C\C/C=C\CCCCCCCCOCC(CN1CCN(C(=O)OC(C)(C)C)CC1)OCCOCCO[C@H]1CCC2(C)C(=CCC3C2CC[C@]2(C)C([C@@H](C)CCCC(C)C)CC[C@@H]32)C1. The maximum absolute atomic E-state index is 12.7. The number of carbonyl (C=O) groups excluding carboxylic acids is 1. The molecular weight excluding hydrogens is 857 g/mol. The molecule has 0 N–H and O–H groups in total. The second-order valence-electron chi connectivity index (χ2n) is 24.6. The maximum Gasteiger partial charge on any atom is 0.410 e. The molecule has 5 unspecified atom stereocenters. The number of hydrogen-bond donors (Lipinski definition) is 0. The van der Waals surface area contributed by atoms with Gasteiger partial charge < -0.3 is 28.6 Å². The van der Waals surface area contributed by atoms with Crippen LogP contribution in [0, 0.1) is 46.3 Å². The van der Waals surface area contributed by atoms with Gasteiger partial charge in [-0.3, -0.25) is 4.90 Å². The van der Waals surface area contributed by atoms with Crippen LogP contribution in [-0.4, -0.2) is 106 Å². The van der Waals surface area contributed by atoms with Crippen LogP contribution in [-0.2, 0) is 23.7 Å². The Kier molecular flexibility index (Phi) is 25.7. The van der Waals surface area contributed by atoms with Gasteiger partial charge in [-0.25, -0.2) is 4.79 Å². The van der Waals surface area contributed by atoms with Gasteiger partial charge in [0.1, 0.15) is 5.60 Å². The number of nitrogens with zero attached hydrogens (tertiary/aromatic N) is 2. The van der Waals surface area contributed by atoms with Gasteiger partial charge in [0.05, 0.1) is 45.2 Å². The van der Waals surface area contributed by atoms with Crippen molar-refractivity contribution < 1.29 is 28.5 Å². The van der Waals surface area contributed by atoms with E-state index in [9.17, 15) is 4.79 Å². The molecule has 8 nitrogen and oxygen atoms in total. The zero-order chi connectivity index (χ0) is 49.5. The summed E-state index contributed by atoms with van der Waals surface area (Å²) in [7, 11) is 0. The molecule has 3 saturated carbocycles. The Morgan fingerprint density at radius 2 is 1.46 bits per heavy atom. The summed E-state index contributed by atoms with van der Waals surface area (Å²) in [5.41, 5.74) is 2.12. The second-order valence-corrected chi connectivity index (χ2v) is 24.6. The molecule has 5 aliphatic rings. The molecule has 1 saturated heterocycles. The van der Waals surface area contributed by atoms with E-state index in [1.807, 2.05) is 25.7 Å². The predicted octanol–water partition coefficient (Wildman–Crippen LogP) is 15.2. The molecule has 0 radical (unpaired) electrons. The summed E-state index contributed by atoms with van der Waals surface area (Å²) in [5.74, 6) is 5.25. The zero-order valence-corrected chi connectivity index (χ0v) is 46.4. The molecule has 4 aliphatic carbocycles. The summed E-state index contributed by atoms with van der Waals surface area (Å²) in [6.07, 6.45) is 41.9. The third-order valence-electron chi connectivity index (χ3n) is 17.7. The summed E-state index contributed by atoms with van der Waals surface area (Å²) < 4.78 is 31.0. The van der Waals surface area contributed by atoms with Gasteiger partial charge in [-0.2, -0.15) is 0 Å². The Morgan fingerprint density at radius 1 is 0.754 bits per heavy atom. The van der Waals surface area contributed by atoms with Crippen molar-refractivity contribution >= 4 is 6.09 Å². The van der Waals surface area contributed by atoms with Crippen LogP contribution in [0.2, 0.25) is 0 Å². The number of allylic oxidation sites excluding steroid dienone is 5. The van der Waals surface area contributed by atoms with Crippen molar-refractivity contribution in [2.24, 2.45) is 46.3 Å². The van der Waals surface area contributed by atoms with E-state index in [0.717, 1.165) is 81.0 Å². The van der Waals surface area contributed by atoms with E-state index < -0.39 is 5.60 Å². The Balaban J connectivity index is 0.964. The Labute approximate surface area is 425 Å². The highest BCUT2D eigenvalue weighted by Gasteiger charge is 2.59. The molecule has 4 fully saturated rings. The fourth-order valence-corrected chi connectivity index (χ4v) is 13.7. The van der Waals surface area contributed by atoms with Crippen molar-refractivity contribution in [2.45, 2.75) is 228 Å². The van der Waals surface area contributed by atoms with E-state index in [2.05, 4.69) is 76.8 Å². The van der Waals surface area contributed by atoms with Crippen molar-refractivity contribution in [3.8, 4) is 0 Å². The molecule has 8 heteroatoms. The average molecular weight is 966 g/mol. The molecular formula is C61H108N2O6. The molecule has 0 aromatic carbocycles. The van der Waals surface area contributed by atoms with Gasteiger partial charge in [0.25, 0.3) is 0 Å². The molecule has 1 heterocycles. The molecule has 9 atom stereocenters. The van der Waals surface area contributed by atoms with Crippen LogP contribution in [0.1, 0.15) is 210 Å². The fraction of sp³-hybridized carbons (Fsp3) is 0.885. The van der Waals surface area contributed by atoms with Gasteiger partial charge in [-0.1, -0.05) is 135 Å². The highest BCUT2D eigenvalue weighted by molar-refractivity contribution is 5.68. The summed E-state index contributed by atoms with van der Waals surface area (Å²) in [6.45, 7) is 28.1. The van der Waals surface area contributed by atoms with E-state index in [1.54, 1.807) is 5.57 Å². The van der Waals surface area contributed by atoms with Crippen LogP contribution in [0.3, 0.4) is 0 Å². The van der Waals surface area contributed by atoms with E-state index in [4.69, 9.17) is 23.7 Å². The highest BCUT2D eigenvalue weighted by atomic mass is 16.6. The van der Waals surface area contributed by atoms with Crippen molar-refractivity contribution in [3.05, 3.63) is 36.0 Å². The Hall–Kier alpha value is -1.71. The number of carbonyl (C=O) groups is 1. The molecule has 69 heavy (non-hydrogen) atoms. The molecule has 0 bridgehead atoms. The van der Waals surface area contributed by atoms with E-state index in [0.29, 0.717) is 63.1 Å². The number of fused-ring (bicyclic) bond motifs is 5. The van der Waals surface area contributed by atoms with Gasteiger partial charge in [-0.15, -0.1) is 0 Å². The molecule has 0 spiro atoms. The Bertz CT molecular complexity index is 1510. The van der Waals surface area contributed by atoms with Crippen LogP contribution < -0.4 is 0 Å². The molecule has 5 rings (SSSR count). The standard InChI is InChI=1S/C61H108N2O6/c1-10-11-12-13-14-15-16-17-18-19-20-21-22-23-24-25-41-66-48-53(47-62-37-39-63(40-38-62)58(64)69-59(5,6)7)68-45-43-65-42-44-67-52-33-35-60(8)51(46-52)29-30-54-56-32-31-55(50(4)28-26-27-49(2)3)61(56,9)36-34-57(54)60/h14-15,17-18,29,49-50,52-57H,10-13,16,19-28,30-48H2,1-9H3/b15-14-,18-17-/t50-,52-,53?,54?,55?,56-,57?,60?,61+/m0/s1. The van der Waals surface area contributed by atoms with Crippen LogP contribution in [0.15, 0.2) is 36.0 Å². The minimum atomic E-state index is -0.487. The number of piperazine rings is 1. The maximum atomic E-state index is 12.7.